The number of anilines is 2. The molecule has 6 aromatic rings. The third-order valence-corrected chi connectivity index (χ3v) is 5.96. The Balaban J connectivity index is 1.35. The van der Waals surface area contributed by atoms with E-state index in [0.29, 0.717) is 0 Å². The first-order chi connectivity index (χ1) is 15.9. The summed E-state index contributed by atoms with van der Waals surface area (Å²) in [5.41, 5.74) is 8.19. The van der Waals surface area contributed by atoms with Crippen LogP contribution in [-0.4, -0.2) is 4.57 Å². The molecule has 1 N–H and O–H groups in total. The van der Waals surface area contributed by atoms with Crippen LogP contribution >= 0.6 is 0 Å². The van der Waals surface area contributed by atoms with Gasteiger partial charge < -0.3 is 9.88 Å². The molecule has 5 aromatic carbocycles. The van der Waals surface area contributed by atoms with Gasteiger partial charge in [0.05, 0.1) is 11.0 Å². The van der Waals surface area contributed by atoms with Crippen LogP contribution in [0.3, 0.4) is 0 Å². The molecule has 0 saturated carbocycles. The maximum absolute atomic E-state index is 3.55. The van der Waals surface area contributed by atoms with Crippen molar-refractivity contribution < 1.29 is 0 Å². The van der Waals surface area contributed by atoms with Gasteiger partial charge in [0.1, 0.15) is 0 Å². The molecule has 6 rings (SSSR count). The Labute approximate surface area is 187 Å². The van der Waals surface area contributed by atoms with E-state index < -0.39 is 0 Å². The summed E-state index contributed by atoms with van der Waals surface area (Å²) in [7, 11) is 0. The number of fused-ring (bicyclic) bond motifs is 3. The van der Waals surface area contributed by atoms with Crippen LogP contribution in [-0.2, 0) is 0 Å². The lowest BCUT2D eigenvalue weighted by Crippen LogP contribution is -1.95. The fraction of sp³-hybridized carbons (Fsp3) is 0. The third-order valence-electron chi connectivity index (χ3n) is 5.96. The Hall–Kier alpha value is -4.30. The number of nitrogens with one attached hydrogen (secondary N) is 1. The van der Waals surface area contributed by atoms with Gasteiger partial charge in [0.25, 0.3) is 0 Å². The topological polar surface area (TPSA) is 17.0 Å². The number of nitrogens with zero attached hydrogens (tertiary/aromatic N) is 1. The molecule has 0 unspecified atom stereocenters. The Kier molecular flexibility index (Phi) is 4.47. The van der Waals surface area contributed by atoms with Gasteiger partial charge in [-0.2, -0.15) is 0 Å². The number of rotatable bonds is 4. The fourth-order valence-corrected chi connectivity index (χ4v) is 4.47. The molecule has 0 aliphatic carbocycles. The molecule has 0 spiro atoms. The second-order valence-electron chi connectivity index (χ2n) is 7.99. The van der Waals surface area contributed by atoms with Gasteiger partial charge in [0.15, 0.2) is 0 Å². The van der Waals surface area contributed by atoms with E-state index in [9.17, 15) is 0 Å². The van der Waals surface area contributed by atoms with Crippen molar-refractivity contribution in [2.75, 3.05) is 5.32 Å². The van der Waals surface area contributed by atoms with Crippen LogP contribution in [0.1, 0.15) is 0 Å². The minimum Gasteiger partial charge on any atom is -0.356 e. The summed E-state index contributed by atoms with van der Waals surface area (Å²) in [4.78, 5) is 0. The average molecular weight is 411 g/mol. The van der Waals surface area contributed by atoms with Gasteiger partial charge >= 0.3 is 0 Å². The first-order valence-electron chi connectivity index (χ1n) is 10.9. The molecule has 152 valence electrons. The van der Waals surface area contributed by atoms with Crippen molar-refractivity contribution in [3.8, 4) is 16.8 Å². The Morgan fingerprint density at radius 1 is 0.438 bits per heavy atom. The van der Waals surface area contributed by atoms with E-state index in [1.807, 2.05) is 6.07 Å². The second-order valence-corrected chi connectivity index (χ2v) is 7.99. The summed E-state index contributed by atoms with van der Waals surface area (Å²) in [6.07, 6.45) is 0. The maximum Gasteiger partial charge on any atom is 0.0541 e. The SMILES string of the molecule is c1ccc(-c2cccc(Nc3ccc(-n4c5ccccc5c5ccccc54)cc3)c2)cc1. The van der Waals surface area contributed by atoms with Crippen LogP contribution in [0, 0.1) is 0 Å². The smallest absolute Gasteiger partial charge is 0.0541 e. The van der Waals surface area contributed by atoms with E-state index in [4.69, 9.17) is 0 Å². The molecule has 0 aliphatic rings. The maximum atomic E-state index is 3.55. The van der Waals surface area contributed by atoms with E-state index in [0.717, 1.165) is 17.1 Å². The zero-order valence-corrected chi connectivity index (χ0v) is 17.6. The van der Waals surface area contributed by atoms with E-state index in [1.54, 1.807) is 0 Å². The molecule has 32 heavy (non-hydrogen) atoms. The normalized spacial score (nSPS) is 11.1. The Morgan fingerprint density at radius 3 is 1.72 bits per heavy atom. The van der Waals surface area contributed by atoms with Gasteiger partial charge in [0, 0.05) is 27.8 Å². The largest absolute Gasteiger partial charge is 0.356 e. The van der Waals surface area contributed by atoms with Gasteiger partial charge in [-0.05, 0) is 59.7 Å². The van der Waals surface area contributed by atoms with Gasteiger partial charge in [-0.25, -0.2) is 0 Å². The third kappa shape index (κ3) is 3.23. The molecule has 2 heteroatoms. The van der Waals surface area contributed by atoms with Crippen LogP contribution in [0.4, 0.5) is 11.4 Å². The second kappa shape index (κ2) is 7.75. The Morgan fingerprint density at radius 2 is 1.03 bits per heavy atom. The van der Waals surface area contributed by atoms with Crippen molar-refractivity contribution >= 4 is 33.2 Å². The first-order valence-corrected chi connectivity index (χ1v) is 10.9. The molecule has 0 aliphatic heterocycles. The lowest BCUT2D eigenvalue weighted by Gasteiger charge is -2.11. The predicted octanol–water partition coefficient (Wildman–Crippen LogP) is 8.19. The minimum absolute atomic E-state index is 1.07. The number of hydrogen-bond acceptors (Lipinski definition) is 1. The molecule has 2 nitrogen and oxygen atoms in total. The summed E-state index contributed by atoms with van der Waals surface area (Å²) in [6.45, 7) is 0. The van der Waals surface area contributed by atoms with Crippen molar-refractivity contribution in [3.63, 3.8) is 0 Å². The minimum atomic E-state index is 1.07. The molecule has 1 aromatic heterocycles. The monoisotopic (exact) mass is 410 g/mol. The summed E-state index contributed by atoms with van der Waals surface area (Å²) >= 11 is 0. The highest BCUT2D eigenvalue weighted by Crippen LogP contribution is 2.32. The van der Waals surface area contributed by atoms with Crippen molar-refractivity contribution in [3.05, 3.63) is 127 Å². The van der Waals surface area contributed by atoms with Crippen LogP contribution in [0.25, 0.3) is 38.6 Å². The number of aromatic nitrogens is 1. The molecule has 1 heterocycles. The van der Waals surface area contributed by atoms with Gasteiger partial charge in [0.2, 0.25) is 0 Å². The molecule has 0 amide bonds. The van der Waals surface area contributed by atoms with Gasteiger partial charge in [-0.15, -0.1) is 0 Å². The standard InChI is InChI=1S/C30H22N2/c1-2-9-22(10-3-1)23-11-8-12-25(21-23)31-24-17-19-26(20-18-24)32-29-15-6-4-13-27(29)28-14-5-7-16-30(28)32/h1-21,31H. The van der Waals surface area contributed by atoms with Crippen molar-refractivity contribution in [2.24, 2.45) is 0 Å². The van der Waals surface area contributed by atoms with Crippen LogP contribution in [0.2, 0.25) is 0 Å². The van der Waals surface area contributed by atoms with Crippen LogP contribution < -0.4 is 5.32 Å². The average Bonchev–Trinajstić information content (AvgIpc) is 3.20. The highest BCUT2D eigenvalue weighted by Gasteiger charge is 2.11. The van der Waals surface area contributed by atoms with Crippen molar-refractivity contribution in [1.29, 1.82) is 0 Å². The van der Waals surface area contributed by atoms with Crippen LogP contribution in [0.15, 0.2) is 127 Å². The lowest BCUT2D eigenvalue weighted by atomic mass is 10.1. The van der Waals surface area contributed by atoms with E-state index >= 15 is 0 Å². The zero-order chi connectivity index (χ0) is 21.3. The number of hydrogen-bond donors (Lipinski definition) is 1. The molecular weight excluding hydrogens is 388 g/mol. The summed E-state index contributed by atoms with van der Waals surface area (Å²) in [6, 6.07) is 44.9. The summed E-state index contributed by atoms with van der Waals surface area (Å²) < 4.78 is 2.34. The Bertz CT molecular complexity index is 1470. The number of para-hydroxylation sites is 2. The van der Waals surface area contributed by atoms with E-state index in [1.165, 1.54) is 32.9 Å². The number of benzene rings is 5. The van der Waals surface area contributed by atoms with Crippen molar-refractivity contribution in [2.45, 2.75) is 0 Å². The van der Waals surface area contributed by atoms with Gasteiger partial charge in [-0.1, -0.05) is 78.9 Å². The molecular formula is C30H22N2. The van der Waals surface area contributed by atoms with E-state index in [2.05, 4.69) is 131 Å². The zero-order valence-electron chi connectivity index (χ0n) is 17.6. The highest BCUT2D eigenvalue weighted by atomic mass is 15.0. The predicted molar refractivity (Wildman–Crippen MR) is 136 cm³/mol. The summed E-state index contributed by atoms with van der Waals surface area (Å²) in [5.74, 6) is 0. The van der Waals surface area contributed by atoms with E-state index in [-0.39, 0.29) is 0 Å². The highest BCUT2D eigenvalue weighted by molar-refractivity contribution is 6.09. The van der Waals surface area contributed by atoms with Crippen LogP contribution in [0.5, 0.6) is 0 Å². The summed E-state index contributed by atoms with van der Waals surface area (Å²) in [5, 5.41) is 6.11. The molecule has 0 atom stereocenters. The molecule has 0 radical (unpaired) electrons. The first kappa shape index (κ1) is 18.5. The lowest BCUT2D eigenvalue weighted by molar-refractivity contribution is 1.18. The molecule has 0 saturated heterocycles. The van der Waals surface area contributed by atoms with Crippen molar-refractivity contribution in [1.82, 2.24) is 4.57 Å². The van der Waals surface area contributed by atoms with Gasteiger partial charge in [-0.3, -0.25) is 0 Å². The fourth-order valence-electron chi connectivity index (χ4n) is 4.47. The quantitative estimate of drug-likeness (QED) is 0.310. The molecule has 0 fully saturated rings. The molecule has 0 bridgehead atoms.